The van der Waals surface area contributed by atoms with E-state index in [1.807, 2.05) is 48.6 Å². The van der Waals surface area contributed by atoms with Crippen molar-refractivity contribution in [2.45, 2.75) is 19.1 Å². The van der Waals surface area contributed by atoms with Crippen LogP contribution in [0.3, 0.4) is 0 Å². The summed E-state index contributed by atoms with van der Waals surface area (Å²) in [6.45, 7) is 6.27. The normalized spacial score (nSPS) is 14.9. The molecule has 1 unspecified atom stereocenters. The molecule has 2 N–H and O–H groups in total. The summed E-state index contributed by atoms with van der Waals surface area (Å²) >= 11 is 3.00. The Kier molecular flexibility index (Phi) is 7.29. The van der Waals surface area contributed by atoms with Gasteiger partial charge in [0.05, 0.1) is 22.5 Å². The highest BCUT2D eigenvalue weighted by atomic mass is 32.1. The van der Waals surface area contributed by atoms with Gasteiger partial charge in [-0.15, -0.1) is 22.7 Å². The number of fused-ring (bicyclic) bond motifs is 1. The second-order valence-corrected chi connectivity index (χ2v) is 11.4. The number of ether oxygens (including phenoxy) is 1. The lowest BCUT2D eigenvalue weighted by Gasteiger charge is -2.18. The van der Waals surface area contributed by atoms with Crippen LogP contribution in [-0.2, 0) is 6.54 Å². The molecule has 1 fully saturated rings. The molecule has 0 saturated carbocycles. The number of nitrogens with zero attached hydrogens (tertiary/aromatic N) is 6. The van der Waals surface area contributed by atoms with E-state index in [2.05, 4.69) is 32.2 Å². The van der Waals surface area contributed by atoms with Crippen molar-refractivity contribution in [3.63, 3.8) is 0 Å². The largest absolute Gasteiger partial charge is 0.489 e. The van der Waals surface area contributed by atoms with Gasteiger partial charge in [-0.25, -0.2) is 15.0 Å². The van der Waals surface area contributed by atoms with E-state index in [1.165, 1.54) is 22.7 Å². The van der Waals surface area contributed by atoms with Crippen molar-refractivity contribution in [1.29, 1.82) is 0 Å². The van der Waals surface area contributed by atoms with Gasteiger partial charge in [-0.2, -0.15) is 4.98 Å². The zero-order valence-corrected chi connectivity index (χ0v) is 23.8. The summed E-state index contributed by atoms with van der Waals surface area (Å²) < 4.78 is 7.69. The van der Waals surface area contributed by atoms with Gasteiger partial charge in [0.15, 0.2) is 0 Å². The maximum atomic E-state index is 13.8. The molecule has 1 atom stereocenters. The van der Waals surface area contributed by atoms with Crippen LogP contribution in [0.5, 0.6) is 5.75 Å². The molecular weight excluding hydrogens is 544 g/mol. The highest BCUT2D eigenvalue weighted by Crippen LogP contribution is 2.29. The third-order valence-corrected chi connectivity index (χ3v) is 8.28. The Bertz CT molecular complexity index is 1700. The van der Waals surface area contributed by atoms with Crippen LogP contribution in [0.25, 0.3) is 27.4 Å². The van der Waals surface area contributed by atoms with Gasteiger partial charge in [0.25, 0.3) is 5.56 Å². The van der Waals surface area contributed by atoms with Crippen molar-refractivity contribution in [1.82, 2.24) is 34.7 Å². The lowest BCUT2D eigenvalue weighted by molar-refractivity contribution is 0.223. The van der Waals surface area contributed by atoms with E-state index in [-0.39, 0.29) is 11.7 Å². The molecule has 1 aliphatic heterocycles. The van der Waals surface area contributed by atoms with Crippen LogP contribution in [0.15, 0.2) is 65.0 Å². The quantitative estimate of drug-likeness (QED) is 0.265. The van der Waals surface area contributed by atoms with E-state index in [0.29, 0.717) is 29.4 Å². The molecule has 10 nitrogen and oxygen atoms in total. The first-order valence-electron chi connectivity index (χ1n) is 12.8. The van der Waals surface area contributed by atoms with Gasteiger partial charge in [-0.3, -0.25) is 9.36 Å². The monoisotopic (exact) mass is 572 g/mol. The number of anilines is 2. The van der Waals surface area contributed by atoms with Crippen LogP contribution in [-0.4, -0.2) is 62.7 Å². The molecule has 5 aromatic rings. The summed E-state index contributed by atoms with van der Waals surface area (Å²) in [7, 11) is 3.73. The molecule has 204 valence electrons. The Labute approximate surface area is 239 Å². The fourth-order valence-electron chi connectivity index (χ4n) is 4.52. The van der Waals surface area contributed by atoms with E-state index in [4.69, 9.17) is 9.72 Å². The summed E-state index contributed by atoms with van der Waals surface area (Å²) in [4.78, 5) is 34.9. The highest BCUT2D eigenvalue weighted by Gasteiger charge is 2.19. The van der Waals surface area contributed by atoms with Crippen LogP contribution in [0.4, 0.5) is 11.6 Å². The zero-order chi connectivity index (χ0) is 27.6. The lowest BCUT2D eigenvalue weighted by Crippen LogP contribution is -2.27. The maximum absolute atomic E-state index is 13.8. The van der Waals surface area contributed by atoms with Gasteiger partial charge in [0.1, 0.15) is 28.2 Å². The van der Waals surface area contributed by atoms with E-state index in [9.17, 15) is 4.79 Å². The van der Waals surface area contributed by atoms with Gasteiger partial charge in [-0.05, 0) is 43.3 Å². The number of nitrogens with one attached hydrogen (secondary N) is 2. The molecule has 0 bridgehead atoms. The van der Waals surface area contributed by atoms with Gasteiger partial charge in [0.2, 0.25) is 5.95 Å². The molecule has 5 heterocycles. The van der Waals surface area contributed by atoms with Gasteiger partial charge >= 0.3 is 0 Å². The maximum Gasteiger partial charge on any atom is 0.261 e. The number of aromatic nitrogens is 5. The van der Waals surface area contributed by atoms with Crippen molar-refractivity contribution < 1.29 is 4.74 Å². The number of benzene rings is 1. The Hall–Kier alpha value is -4.13. The molecule has 12 heteroatoms. The molecule has 6 rings (SSSR count). The average molecular weight is 573 g/mol. The van der Waals surface area contributed by atoms with Gasteiger partial charge in [-0.1, -0.05) is 6.58 Å². The van der Waals surface area contributed by atoms with E-state index >= 15 is 0 Å². The molecule has 0 radical (unpaired) electrons. The molecule has 1 aliphatic rings. The van der Waals surface area contributed by atoms with Gasteiger partial charge in [0, 0.05) is 55.2 Å². The summed E-state index contributed by atoms with van der Waals surface area (Å²) in [5.74, 6) is 1.21. The number of pyridine rings is 1. The number of rotatable bonds is 9. The van der Waals surface area contributed by atoms with Crippen LogP contribution >= 0.6 is 22.7 Å². The third kappa shape index (κ3) is 5.33. The molecular formula is C28H28N8O2S2. The average Bonchev–Trinajstić information content (AvgIpc) is 3.74. The summed E-state index contributed by atoms with van der Waals surface area (Å²) in [5.41, 5.74) is 4.82. The van der Waals surface area contributed by atoms with E-state index in [1.54, 1.807) is 28.5 Å². The lowest BCUT2D eigenvalue weighted by atomic mass is 10.1. The fourth-order valence-corrected chi connectivity index (χ4v) is 6.00. The second kappa shape index (κ2) is 11.2. The summed E-state index contributed by atoms with van der Waals surface area (Å²) in [6, 6.07) is 9.53. The number of thiazole rings is 2. The summed E-state index contributed by atoms with van der Waals surface area (Å²) in [5, 5.41) is 10.0. The number of hydrogen-bond donors (Lipinski definition) is 2. The summed E-state index contributed by atoms with van der Waals surface area (Å²) in [6.07, 6.45) is 4.68. The Morgan fingerprint density at radius 3 is 2.80 bits per heavy atom. The van der Waals surface area contributed by atoms with Crippen molar-refractivity contribution in [2.24, 2.45) is 0 Å². The molecule has 40 heavy (non-hydrogen) atoms. The molecule has 4 aromatic heterocycles. The predicted molar refractivity (Wildman–Crippen MR) is 160 cm³/mol. The molecule has 1 aromatic carbocycles. The van der Waals surface area contributed by atoms with E-state index < -0.39 is 0 Å². The van der Waals surface area contributed by atoms with Crippen LogP contribution in [0, 0.1) is 0 Å². The minimum Gasteiger partial charge on any atom is -0.489 e. The number of hydrogen-bond acceptors (Lipinski definition) is 11. The molecule has 1 saturated heterocycles. The van der Waals surface area contributed by atoms with Crippen molar-refractivity contribution in [3.8, 4) is 16.5 Å². The minimum absolute atomic E-state index is 0.183. The second-order valence-electron chi connectivity index (χ2n) is 9.61. The predicted octanol–water partition coefficient (Wildman–Crippen LogP) is 4.44. The third-order valence-electron chi connectivity index (χ3n) is 6.68. The Morgan fingerprint density at radius 1 is 1.23 bits per heavy atom. The van der Waals surface area contributed by atoms with Crippen LogP contribution in [0.2, 0.25) is 0 Å². The zero-order valence-electron chi connectivity index (χ0n) is 22.1. The standard InChI is InChI=1S/C28H28N8O2S2/c1-17(35(2)3)22-12-18-13-31-28(33-19-4-6-20(7-5-19)38-21-8-9-29-14-21)34-25(18)36(27(22)37)15-23-24(32-16-40-23)26-30-10-11-39-26/h4-7,10-13,16,21,29H,1,8-9,14-15H2,2-3H3,(H,31,33,34). The highest BCUT2D eigenvalue weighted by molar-refractivity contribution is 7.14. The Balaban J connectivity index is 1.35. The first-order valence-corrected chi connectivity index (χ1v) is 14.6. The molecule has 0 amide bonds. The minimum atomic E-state index is -0.183. The first kappa shape index (κ1) is 26.1. The van der Waals surface area contributed by atoms with E-state index in [0.717, 1.165) is 51.9 Å². The smallest absolute Gasteiger partial charge is 0.261 e. The van der Waals surface area contributed by atoms with Crippen molar-refractivity contribution in [3.05, 3.63) is 81.0 Å². The molecule has 0 aliphatic carbocycles. The topological polar surface area (TPSA) is 110 Å². The Morgan fingerprint density at radius 2 is 2.08 bits per heavy atom. The van der Waals surface area contributed by atoms with Gasteiger partial charge < -0.3 is 20.3 Å². The van der Waals surface area contributed by atoms with Crippen molar-refractivity contribution in [2.75, 3.05) is 32.5 Å². The van der Waals surface area contributed by atoms with Crippen LogP contribution in [0.1, 0.15) is 16.9 Å². The fraction of sp³-hybridized carbons (Fsp3) is 0.250. The first-order chi connectivity index (χ1) is 19.5. The van der Waals surface area contributed by atoms with Crippen molar-refractivity contribution >= 4 is 51.0 Å². The SMILES string of the molecule is C=C(c1cc2cnc(Nc3ccc(OC4CCNC4)cc3)nc2n(Cc2scnc2-c2nccs2)c1=O)N(C)C. The van der Waals surface area contributed by atoms with Crippen LogP contribution < -0.4 is 20.9 Å². The molecule has 0 spiro atoms.